The average molecular weight is 447 g/mol. The molecule has 1 spiro atoms. The highest BCUT2D eigenvalue weighted by atomic mass is 32.2. The molecule has 2 heterocycles. The lowest BCUT2D eigenvalue weighted by molar-refractivity contribution is 0.0655. The van der Waals surface area contributed by atoms with Gasteiger partial charge in [0.25, 0.3) is 0 Å². The molecule has 1 N–H and O–H groups in total. The van der Waals surface area contributed by atoms with Crippen LogP contribution in [0.25, 0.3) is 0 Å². The van der Waals surface area contributed by atoms with Gasteiger partial charge in [-0.15, -0.1) is 0 Å². The third-order valence-corrected chi connectivity index (χ3v) is 7.93. The summed E-state index contributed by atoms with van der Waals surface area (Å²) in [5.41, 5.74) is 0.445. The first-order chi connectivity index (χ1) is 14.6. The number of urea groups is 1. The summed E-state index contributed by atoms with van der Waals surface area (Å²) in [4.78, 5) is 20.6. The van der Waals surface area contributed by atoms with Crippen molar-refractivity contribution in [2.24, 2.45) is 0 Å². The third-order valence-electron chi connectivity index (χ3n) is 6.78. The van der Waals surface area contributed by atoms with Crippen LogP contribution in [0.1, 0.15) is 31.2 Å². The predicted octanol–water partition coefficient (Wildman–Crippen LogP) is 2.92. The lowest BCUT2D eigenvalue weighted by atomic mass is 9.69. The van der Waals surface area contributed by atoms with E-state index in [4.69, 9.17) is 0 Å². The second-order valence-electron chi connectivity index (χ2n) is 8.85. The summed E-state index contributed by atoms with van der Waals surface area (Å²) >= 11 is 0. The molecule has 7 nitrogen and oxygen atoms in total. The van der Waals surface area contributed by atoms with Crippen LogP contribution in [0.5, 0.6) is 0 Å². The van der Waals surface area contributed by atoms with Gasteiger partial charge in [0.15, 0.2) is 9.84 Å². The summed E-state index contributed by atoms with van der Waals surface area (Å²) in [7, 11) is 0.483. The second kappa shape index (κ2) is 7.56. The molecule has 0 radical (unpaired) electrons. The number of rotatable bonds is 4. The molecule has 1 saturated heterocycles. The molecule has 9 heteroatoms. The van der Waals surface area contributed by atoms with Crippen LogP contribution in [0, 0.1) is 5.82 Å². The Morgan fingerprint density at radius 1 is 1.16 bits per heavy atom. The Labute approximate surface area is 182 Å². The van der Waals surface area contributed by atoms with Crippen LogP contribution in [-0.4, -0.2) is 56.8 Å². The monoisotopic (exact) mass is 446 g/mol. The first-order valence-electron chi connectivity index (χ1n) is 10.2. The fraction of sp³-hybridized carbons (Fsp3) is 0.455. The number of nitrogens with one attached hydrogen (secondary N) is 1. The average Bonchev–Trinajstić information content (AvgIpc) is 3.04. The highest BCUT2D eigenvalue weighted by Crippen LogP contribution is 2.46. The number of aromatic nitrogens is 1. The van der Waals surface area contributed by atoms with Crippen molar-refractivity contribution >= 4 is 21.6 Å². The van der Waals surface area contributed by atoms with E-state index in [9.17, 15) is 17.6 Å². The Hall–Kier alpha value is -2.52. The van der Waals surface area contributed by atoms with Crippen molar-refractivity contribution in [1.29, 1.82) is 0 Å². The van der Waals surface area contributed by atoms with Gasteiger partial charge in [-0.05, 0) is 63.5 Å². The van der Waals surface area contributed by atoms with E-state index in [1.54, 1.807) is 12.1 Å². The van der Waals surface area contributed by atoms with Crippen molar-refractivity contribution in [3.63, 3.8) is 0 Å². The van der Waals surface area contributed by atoms with Gasteiger partial charge in [0.1, 0.15) is 5.82 Å². The quantitative estimate of drug-likeness (QED) is 0.781. The van der Waals surface area contributed by atoms with Crippen LogP contribution in [0.3, 0.4) is 0 Å². The Balaban J connectivity index is 1.61. The van der Waals surface area contributed by atoms with E-state index in [-0.39, 0.29) is 22.3 Å². The molecule has 0 atom stereocenters. The molecule has 166 valence electrons. The molecular formula is C22H27FN4O3S. The normalized spacial score (nSPS) is 26.5. The van der Waals surface area contributed by atoms with Gasteiger partial charge in [0, 0.05) is 18.0 Å². The molecular weight excluding hydrogens is 419 g/mol. The van der Waals surface area contributed by atoms with Crippen molar-refractivity contribution in [3.05, 3.63) is 54.1 Å². The molecule has 2 aromatic rings. The van der Waals surface area contributed by atoms with E-state index in [0.717, 1.165) is 24.7 Å². The van der Waals surface area contributed by atoms with E-state index in [0.29, 0.717) is 25.1 Å². The molecule has 31 heavy (non-hydrogen) atoms. The van der Waals surface area contributed by atoms with Crippen LogP contribution in [0.2, 0.25) is 0 Å². The molecule has 1 aliphatic carbocycles. The maximum atomic E-state index is 13.9. The summed E-state index contributed by atoms with van der Waals surface area (Å²) in [6, 6.07) is 7.82. The highest BCUT2D eigenvalue weighted by molar-refractivity contribution is 7.90. The Morgan fingerprint density at radius 3 is 2.48 bits per heavy atom. The number of anilines is 1. The molecule has 1 aromatic heterocycles. The van der Waals surface area contributed by atoms with Crippen molar-refractivity contribution in [2.75, 3.05) is 31.8 Å². The molecule has 1 saturated carbocycles. The molecule has 2 fully saturated rings. The zero-order chi connectivity index (χ0) is 22.4. The van der Waals surface area contributed by atoms with E-state index in [2.05, 4.69) is 15.2 Å². The Morgan fingerprint density at radius 2 is 1.87 bits per heavy atom. The SMILES string of the molecule is CN(C)C1(c2cccc(F)c2)CCC2(CC1)CN(c1cnccc1S(C)(=O)=O)C(=O)N2. The third kappa shape index (κ3) is 3.80. The Kier molecular flexibility index (Phi) is 5.29. The zero-order valence-corrected chi connectivity index (χ0v) is 18.7. The standard InChI is InChI=1S/C22H27FN4O3S/c1-26(2)22(16-5-4-6-17(23)13-16)10-8-21(9-11-22)15-27(20(28)25-21)18-14-24-12-7-19(18)31(3,29)30/h4-7,12-14H,8-11,15H2,1-3H3,(H,25,28). The fourth-order valence-electron chi connectivity index (χ4n) is 4.99. The topological polar surface area (TPSA) is 82.6 Å². The fourth-order valence-corrected chi connectivity index (χ4v) is 5.84. The first kappa shape index (κ1) is 21.7. The first-order valence-corrected chi connectivity index (χ1v) is 12.1. The molecule has 4 rings (SSSR count). The number of nitrogens with zero attached hydrogens (tertiary/aromatic N) is 3. The van der Waals surface area contributed by atoms with Crippen molar-refractivity contribution in [1.82, 2.24) is 15.2 Å². The van der Waals surface area contributed by atoms with Crippen LogP contribution in [-0.2, 0) is 15.4 Å². The van der Waals surface area contributed by atoms with Crippen LogP contribution >= 0.6 is 0 Å². The number of benzene rings is 1. The largest absolute Gasteiger partial charge is 0.330 e. The smallest absolute Gasteiger partial charge is 0.322 e. The maximum absolute atomic E-state index is 13.9. The van der Waals surface area contributed by atoms with Gasteiger partial charge < -0.3 is 5.32 Å². The van der Waals surface area contributed by atoms with E-state index < -0.39 is 15.4 Å². The molecule has 2 amide bonds. The summed E-state index contributed by atoms with van der Waals surface area (Å²) < 4.78 is 38.4. The van der Waals surface area contributed by atoms with Crippen molar-refractivity contribution in [3.8, 4) is 0 Å². The minimum Gasteiger partial charge on any atom is -0.330 e. The van der Waals surface area contributed by atoms with E-state index in [1.807, 2.05) is 20.2 Å². The number of halogens is 1. The number of sulfone groups is 1. The zero-order valence-electron chi connectivity index (χ0n) is 17.9. The molecule has 0 bridgehead atoms. The van der Waals surface area contributed by atoms with Gasteiger partial charge >= 0.3 is 6.03 Å². The number of carbonyl (C=O) groups is 1. The van der Waals surface area contributed by atoms with Gasteiger partial charge in [-0.3, -0.25) is 14.8 Å². The van der Waals surface area contributed by atoms with Gasteiger partial charge in [-0.1, -0.05) is 12.1 Å². The maximum Gasteiger partial charge on any atom is 0.322 e. The van der Waals surface area contributed by atoms with Crippen molar-refractivity contribution < 1.29 is 17.6 Å². The number of amides is 2. The molecule has 1 aromatic carbocycles. The summed E-state index contributed by atoms with van der Waals surface area (Å²) in [5, 5.41) is 3.11. The summed E-state index contributed by atoms with van der Waals surface area (Å²) in [6.07, 6.45) is 6.83. The molecule has 1 aliphatic heterocycles. The highest BCUT2D eigenvalue weighted by Gasteiger charge is 2.50. The number of hydrogen-bond donors (Lipinski definition) is 1. The molecule has 0 unspecified atom stereocenters. The lowest BCUT2D eigenvalue weighted by Gasteiger charge is -2.48. The van der Waals surface area contributed by atoms with Crippen LogP contribution in [0.15, 0.2) is 47.6 Å². The second-order valence-corrected chi connectivity index (χ2v) is 10.8. The molecule has 2 aliphatic rings. The van der Waals surface area contributed by atoms with E-state index >= 15 is 0 Å². The Bertz CT molecular complexity index is 1110. The van der Waals surface area contributed by atoms with Gasteiger partial charge in [-0.2, -0.15) is 0 Å². The number of hydrogen-bond acceptors (Lipinski definition) is 5. The minimum absolute atomic E-state index is 0.0907. The van der Waals surface area contributed by atoms with Crippen LogP contribution < -0.4 is 10.2 Å². The van der Waals surface area contributed by atoms with Crippen molar-refractivity contribution in [2.45, 2.75) is 41.7 Å². The van der Waals surface area contributed by atoms with Gasteiger partial charge in [0.2, 0.25) is 0 Å². The number of carbonyl (C=O) groups excluding carboxylic acids is 1. The summed E-state index contributed by atoms with van der Waals surface area (Å²) in [6.45, 7) is 0.368. The number of pyridine rings is 1. The summed E-state index contributed by atoms with van der Waals surface area (Å²) in [5.74, 6) is -0.260. The van der Waals surface area contributed by atoms with E-state index in [1.165, 1.54) is 29.4 Å². The lowest BCUT2D eigenvalue weighted by Crippen LogP contribution is -2.54. The predicted molar refractivity (Wildman–Crippen MR) is 116 cm³/mol. The van der Waals surface area contributed by atoms with Gasteiger partial charge in [0.05, 0.1) is 28.9 Å². The van der Waals surface area contributed by atoms with Crippen LogP contribution in [0.4, 0.5) is 14.9 Å². The van der Waals surface area contributed by atoms with Gasteiger partial charge in [-0.25, -0.2) is 17.6 Å². The minimum atomic E-state index is -3.51.